The average Bonchev–Trinajstić information content (AvgIpc) is 2.85. The number of benzene rings is 1. The first-order valence-corrected chi connectivity index (χ1v) is 7.36. The monoisotopic (exact) mass is 294 g/mol. The van der Waals surface area contributed by atoms with Crippen LogP contribution in [-0.2, 0) is 9.53 Å². The van der Waals surface area contributed by atoms with Crippen molar-refractivity contribution >= 4 is 32.6 Å². The molecule has 6 heteroatoms. The van der Waals surface area contributed by atoms with Gasteiger partial charge in [-0.2, -0.15) is 0 Å². The van der Waals surface area contributed by atoms with Crippen LogP contribution >= 0.6 is 11.3 Å². The molecule has 5 nitrogen and oxygen atoms in total. The maximum absolute atomic E-state index is 12.0. The van der Waals surface area contributed by atoms with Crippen molar-refractivity contribution in [3.05, 3.63) is 18.2 Å². The van der Waals surface area contributed by atoms with Gasteiger partial charge in [-0.1, -0.05) is 18.3 Å². The Morgan fingerprint density at radius 1 is 1.45 bits per heavy atom. The lowest BCUT2D eigenvalue weighted by atomic mass is 10.2. The van der Waals surface area contributed by atoms with Crippen molar-refractivity contribution in [3.63, 3.8) is 0 Å². The minimum absolute atomic E-state index is 0.152. The summed E-state index contributed by atoms with van der Waals surface area (Å²) in [5, 5.41) is 3.39. The van der Waals surface area contributed by atoms with E-state index in [-0.39, 0.29) is 5.91 Å². The molecule has 0 spiro atoms. The van der Waals surface area contributed by atoms with Crippen molar-refractivity contribution in [2.45, 2.75) is 26.4 Å². The van der Waals surface area contributed by atoms with Gasteiger partial charge in [0.15, 0.2) is 5.13 Å². The Morgan fingerprint density at radius 2 is 2.25 bits per heavy atom. The maximum Gasteiger partial charge on any atom is 0.255 e. The quantitative estimate of drug-likeness (QED) is 0.889. The van der Waals surface area contributed by atoms with Gasteiger partial charge < -0.3 is 9.47 Å². The molecule has 1 aromatic carbocycles. The summed E-state index contributed by atoms with van der Waals surface area (Å²) < 4.78 is 11.5. The van der Waals surface area contributed by atoms with Gasteiger partial charge in [0.2, 0.25) is 0 Å². The average molecular weight is 294 g/mol. The molecular formula is C14H18N2O3S. The Kier molecular flexibility index (Phi) is 4.92. The van der Waals surface area contributed by atoms with Crippen molar-refractivity contribution in [1.29, 1.82) is 0 Å². The lowest BCUT2D eigenvalue weighted by Gasteiger charge is -2.13. The molecule has 1 atom stereocenters. The fourth-order valence-electron chi connectivity index (χ4n) is 1.85. The molecule has 2 aromatic rings. The van der Waals surface area contributed by atoms with Gasteiger partial charge in [0.1, 0.15) is 11.9 Å². The highest BCUT2D eigenvalue weighted by Gasteiger charge is 2.18. The molecule has 108 valence electrons. The van der Waals surface area contributed by atoms with Crippen LogP contribution in [0.25, 0.3) is 10.2 Å². The molecule has 0 aliphatic carbocycles. The van der Waals surface area contributed by atoms with Gasteiger partial charge in [-0.3, -0.25) is 10.1 Å². The van der Waals surface area contributed by atoms with Gasteiger partial charge in [0.05, 0.1) is 17.3 Å². The van der Waals surface area contributed by atoms with Crippen molar-refractivity contribution < 1.29 is 14.3 Å². The number of hydrogen-bond acceptors (Lipinski definition) is 5. The van der Waals surface area contributed by atoms with E-state index in [1.807, 2.05) is 32.0 Å². The van der Waals surface area contributed by atoms with E-state index in [9.17, 15) is 4.79 Å². The minimum atomic E-state index is -0.429. The molecule has 1 heterocycles. The summed E-state index contributed by atoms with van der Waals surface area (Å²) in [6, 6.07) is 5.63. The standard InChI is InChI=1S/C14H18N2O3S/c1-4-11(19-5-2)13(17)16-14-15-10-7-6-9(18-3)8-12(10)20-14/h6-8,11H,4-5H2,1-3H3,(H,15,16,17). The Bertz CT molecular complexity index is 597. The van der Waals surface area contributed by atoms with E-state index < -0.39 is 6.10 Å². The van der Waals surface area contributed by atoms with Crippen LogP contribution in [0.3, 0.4) is 0 Å². The fraction of sp³-hybridized carbons (Fsp3) is 0.429. The molecule has 1 aromatic heterocycles. The van der Waals surface area contributed by atoms with Crippen LogP contribution in [0.15, 0.2) is 18.2 Å². The lowest BCUT2D eigenvalue weighted by molar-refractivity contribution is -0.127. The first-order valence-electron chi connectivity index (χ1n) is 6.55. The molecule has 1 unspecified atom stereocenters. The number of carbonyl (C=O) groups excluding carboxylic acids is 1. The predicted octanol–water partition coefficient (Wildman–Crippen LogP) is 3.06. The summed E-state index contributed by atoms with van der Waals surface area (Å²) in [7, 11) is 1.62. The third kappa shape index (κ3) is 3.26. The van der Waals surface area contributed by atoms with Crippen LogP contribution < -0.4 is 10.1 Å². The molecule has 0 saturated heterocycles. The van der Waals surface area contributed by atoms with Crippen LogP contribution in [0, 0.1) is 0 Å². The van der Waals surface area contributed by atoms with E-state index in [1.165, 1.54) is 11.3 Å². The lowest BCUT2D eigenvalue weighted by Crippen LogP contribution is -2.29. The third-order valence-corrected chi connectivity index (χ3v) is 3.79. The topological polar surface area (TPSA) is 60.5 Å². The number of carbonyl (C=O) groups is 1. The summed E-state index contributed by atoms with van der Waals surface area (Å²) in [4.78, 5) is 16.4. The van der Waals surface area contributed by atoms with Gasteiger partial charge in [0, 0.05) is 6.61 Å². The normalized spacial score (nSPS) is 12.3. The number of thiazole rings is 1. The van der Waals surface area contributed by atoms with E-state index >= 15 is 0 Å². The molecule has 0 aliphatic rings. The highest BCUT2D eigenvalue weighted by molar-refractivity contribution is 7.22. The van der Waals surface area contributed by atoms with Gasteiger partial charge in [-0.25, -0.2) is 4.98 Å². The van der Waals surface area contributed by atoms with E-state index in [4.69, 9.17) is 9.47 Å². The SMILES string of the molecule is CCOC(CC)C(=O)Nc1nc2ccc(OC)cc2s1. The van der Waals surface area contributed by atoms with E-state index in [0.29, 0.717) is 18.2 Å². The molecular weight excluding hydrogens is 276 g/mol. The number of nitrogens with zero attached hydrogens (tertiary/aromatic N) is 1. The predicted molar refractivity (Wildman–Crippen MR) is 80.5 cm³/mol. The molecule has 1 amide bonds. The molecule has 0 aliphatic heterocycles. The number of fused-ring (bicyclic) bond motifs is 1. The molecule has 2 rings (SSSR count). The Hall–Kier alpha value is -1.66. The Labute approximate surface area is 121 Å². The number of aromatic nitrogens is 1. The molecule has 0 saturated carbocycles. The van der Waals surface area contributed by atoms with Crippen LogP contribution in [0.1, 0.15) is 20.3 Å². The maximum atomic E-state index is 12.0. The number of ether oxygens (including phenoxy) is 2. The first kappa shape index (κ1) is 14.7. The van der Waals surface area contributed by atoms with Gasteiger partial charge in [-0.15, -0.1) is 0 Å². The summed E-state index contributed by atoms with van der Waals surface area (Å²) in [6.45, 7) is 4.31. The number of hydrogen-bond donors (Lipinski definition) is 1. The highest BCUT2D eigenvalue weighted by atomic mass is 32.1. The number of methoxy groups -OCH3 is 1. The van der Waals surface area contributed by atoms with Gasteiger partial charge in [0.25, 0.3) is 5.91 Å². The second-order valence-electron chi connectivity index (χ2n) is 4.19. The van der Waals surface area contributed by atoms with Crippen molar-refractivity contribution in [2.24, 2.45) is 0 Å². The molecule has 0 radical (unpaired) electrons. The Balaban J connectivity index is 2.15. The molecule has 0 fully saturated rings. The van der Waals surface area contributed by atoms with Crippen LogP contribution in [0.2, 0.25) is 0 Å². The first-order chi connectivity index (χ1) is 9.67. The van der Waals surface area contributed by atoms with Crippen molar-refractivity contribution in [3.8, 4) is 5.75 Å². The number of nitrogens with one attached hydrogen (secondary N) is 1. The van der Waals surface area contributed by atoms with Crippen molar-refractivity contribution in [2.75, 3.05) is 19.0 Å². The van der Waals surface area contributed by atoms with Gasteiger partial charge >= 0.3 is 0 Å². The highest BCUT2D eigenvalue weighted by Crippen LogP contribution is 2.29. The zero-order chi connectivity index (χ0) is 14.5. The second-order valence-corrected chi connectivity index (χ2v) is 5.22. The molecule has 0 bridgehead atoms. The third-order valence-electron chi connectivity index (χ3n) is 2.86. The van der Waals surface area contributed by atoms with E-state index in [0.717, 1.165) is 16.0 Å². The molecule has 1 N–H and O–H groups in total. The van der Waals surface area contributed by atoms with Gasteiger partial charge in [-0.05, 0) is 31.5 Å². The van der Waals surface area contributed by atoms with E-state index in [2.05, 4.69) is 10.3 Å². The van der Waals surface area contributed by atoms with Crippen LogP contribution in [0.5, 0.6) is 5.75 Å². The van der Waals surface area contributed by atoms with Crippen LogP contribution in [-0.4, -0.2) is 30.7 Å². The summed E-state index contributed by atoms with van der Waals surface area (Å²) in [5.74, 6) is 0.625. The molecule has 20 heavy (non-hydrogen) atoms. The Morgan fingerprint density at radius 3 is 2.90 bits per heavy atom. The fourth-order valence-corrected chi connectivity index (χ4v) is 2.75. The van der Waals surface area contributed by atoms with Crippen molar-refractivity contribution in [1.82, 2.24) is 4.98 Å². The smallest absolute Gasteiger partial charge is 0.255 e. The minimum Gasteiger partial charge on any atom is -0.497 e. The number of rotatable bonds is 6. The number of amides is 1. The summed E-state index contributed by atoms with van der Waals surface area (Å²) >= 11 is 1.42. The summed E-state index contributed by atoms with van der Waals surface area (Å²) in [6.07, 6.45) is 0.208. The second kappa shape index (κ2) is 6.67. The zero-order valence-electron chi connectivity index (χ0n) is 11.8. The zero-order valence-corrected chi connectivity index (χ0v) is 12.6. The van der Waals surface area contributed by atoms with E-state index in [1.54, 1.807) is 7.11 Å². The largest absolute Gasteiger partial charge is 0.497 e. The van der Waals surface area contributed by atoms with Crippen LogP contribution in [0.4, 0.5) is 5.13 Å². The summed E-state index contributed by atoms with van der Waals surface area (Å²) in [5.41, 5.74) is 0.843. The number of anilines is 1.